The molecule has 0 fully saturated rings. The summed E-state index contributed by atoms with van der Waals surface area (Å²) in [4.78, 5) is 13.9. The smallest absolute Gasteiger partial charge is 0.410 e. The Kier molecular flexibility index (Phi) is 7.12. The van der Waals surface area contributed by atoms with Gasteiger partial charge in [0.1, 0.15) is 5.60 Å². The standard InChI is InChI=1S/C15H32N2O4/c1-13(2,3)17(12(20)21-14(4,5)6)9-8-16-15(7,10-18)11-19/h16,18-19H,8-11H2,1-7H3. The van der Waals surface area contributed by atoms with Crippen LogP contribution < -0.4 is 5.32 Å². The number of ether oxygens (including phenoxy) is 1. The van der Waals surface area contributed by atoms with Crippen LogP contribution in [-0.2, 0) is 4.74 Å². The van der Waals surface area contributed by atoms with E-state index in [2.05, 4.69) is 5.32 Å². The molecule has 126 valence electrons. The summed E-state index contributed by atoms with van der Waals surface area (Å²) in [7, 11) is 0. The second kappa shape index (κ2) is 7.42. The summed E-state index contributed by atoms with van der Waals surface area (Å²) >= 11 is 0. The first-order chi connectivity index (χ1) is 9.34. The highest BCUT2D eigenvalue weighted by molar-refractivity contribution is 5.69. The Hall–Kier alpha value is -0.850. The highest BCUT2D eigenvalue weighted by atomic mass is 16.6. The van der Waals surface area contributed by atoms with Crippen LogP contribution in [0.1, 0.15) is 48.5 Å². The minimum atomic E-state index is -0.752. The van der Waals surface area contributed by atoms with Crippen LogP contribution in [0.25, 0.3) is 0 Å². The van der Waals surface area contributed by atoms with Crippen LogP contribution in [0.3, 0.4) is 0 Å². The quantitative estimate of drug-likeness (QED) is 0.690. The number of carbonyl (C=O) groups excluding carboxylic acids is 1. The molecule has 0 aromatic carbocycles. The summed E-state index contributed by atoms with van der Waals surface area (Å²) in [6.07, 6.45) is -0.369. The first kappa shape index (κ1) is 20.1. The molecular formula is C15H32N2O4. The molecule has 6 nitrogen and oxygen atoms in total. The lowest BCUT2D eigenvalue weighted by Crippen LogP contribution is -2.54. The number of aliphatic hydroxyl groups excluding tert-OH is 2. The molecule has 0 saturated carbocycles. The van der Waals surface area contributed by atoms with Crippen molar-refractivity contribution in [3.63, 3.8) is 0 Å². The van der Waals surface area contributed by atoms with E-state index >= 15 is 0 Å². The van der Waals surface area contributed by atoms with Crippen molar-refractivity contribution in [2.24, 2.45) is 0 Å². The zero-order valence-electron chi connectivity index (χ0n) is 14.5. The Morgan fingerprint density at radius 1 is 1.05 bits per heavy atom. The topological polar surface area (TPSA) is 82.0 Å². The first-order valence-electron chi connectivity index (χ1n) is 7.32. The predicted molar refractivity (Wildman–Crippen MR) is 83.3 cm³/mol. The molecule has 0 radical (unpaired) electrons. The Morgan fingerprint density at radius 2 is 1.52 bits per heavy atom. The van der Waals surface area contributed by atoms with Crippen molar-refractivity contribution in [2.75, 3.05) is 26.3 Å². The Bertz CT molecular complexity index is 328. The minimum absolute atomic E-state index is 0.175. The maximum atomic E-state index is 12.3. The van der Waals surface area contributed by atoms with Gasteiger partial charge >= 0.3 is 6.09 Å². The van der Waals surface area contributed by atoms with Gasteiger partial charge in [-0.3, -0.25) is 0 Å². The van der Waals surface area contributed by atoms with Crippen molar-refractivity contribution in [1.29, 1.82) is 0 Å². The summed E-state index contributed by atoms with van der Waals surface area (Å²) < 4.78 is 5.42. The molecule has 0 aromatic rings. The largest absolute Gasteiger partial charge is 0.444 e. The molecular weight excluding hydrogens is 272 g/mol. The van der Waals surface area contributed by atoms with Gasteiger partial charge in [0.2, 0.25) is 0 Å². The van der Waals surface area contributed by atoms with Crippen LogP contribution in [0.4, 0.5) is 4.79 Å². The monoisotopic (exact) mass is 304 g/mol. The molecule has 0 aliphatic rings. The van der Waals surface area contributed by atoms with Gasteiger partial charge in [-0.05, 0) is 48.5 Å². The normalized spacial score (nSPS) is 13.2. The summed E-state index contributed by atoms with van der Waals surface area (Å²) in [5.41, 5.74) is -1.67. The second-order valence-electron chi connectivity index (χ2n) is 7.61. The van der Waals surface area contributed by atoms with Crippen LogP contribution >= 0.6 is 0 Å². The molecule has 0 spiro atoms. The van der Waals surface area contributed by atoms with Gasteiger partial charge < -0.3 is 25.2 Å². The maximum absolute atomic E-state index is 12.3. The van der Waals surface area contributed by atoms with Crippen LogP contribution in [0, 0.1) is 0 Å². The number of nitrogens with zero attached hydrogens (tertiary/aromatic N) is 1. The van der Waals surface area contributed by atoms with Gasteiger partial charge in [-0.15, -0.1) is 0 Å². The number of hydrogen-bond donors (Lipinski definition) is 3. The summed E-state index contributed by atoms with van der Waals surface area (Å²) in [6.45, 7) is 13.6. The second-order valence-corrected chi connectivity index (χ2v) is 7.61. The van der Waals surface area contributed by atoms with Crippen molar-refractivity contribution in [3.8, 4) is 0 Å². The van der Waals surface area contributed by atoms with E-state index in [1.165, 1.54) is 0 Å². The molecule has 0 unspecified atom stereocenters. The first-order valence-corrected chi connectivity index (χ1v) is 7.32. The highest BCUT2D eigenvalue weighted by Gasteiger charge is 2.31. The fourth-order valence-corrected chi connectivity index (χ4v) is 1.65. The van der Waals surface area contributed by atoms with Crippen LogP contribution in [-0.4, -0.2) is 64.2 Å². The lowest BCUT2D eigenvalue weighted by atomic mass is 10.0. The SMILES string of the molecule is CC(CO)(CO)NCCN(C(=O)OC(C)(C)C)C(C)(C)C. The number of rotatable bonds is 6. The fourth-order valence-electron chi connectivity index (χ4n) is 1.65. The van der Waals surface area contributed by atoms with Crippen LogP contribution in [0.5, 0.6) is 0 Å². The average molecular weight is 304 g/mol. The van der Waals surface area contributed by atoms with Crippen LogP contribution in [0.2, 0.25) is 0 Å². The molecule has 1 amide bonds. The molecule has 0 saturated heterocycles. The molecule has 0 atom stereocenters. The summed E-state index contributed by atoms with van der Waals surface area (Å²) in [6, 6.07) is 0. The molecule has 0 heterocycles. The zero-order valence-corrected chi connectivity index (χ0v) is 14.5. The predicted octanol–water partition coefficient (Wildman–Crippen LogP) is 1.35. The molecule has 0 aliphatic heterocycles. The number of carbonyl (C=O) groups is 1. The van der Waals surface area contributed by atoms with Gasteiger partial charge in [0, 0.05) is 18.6 Å². The Balaban J connectivity index is 4.71. The van der Waals surface area contributed by atoms with Gasteiger partial charge in [-0.1, -0.05) is 0 Å². The van der Waals surface area contributed by atoms with E-state index in [9.17, 15) is 15.0 Å². The third kappa shape index (κ3) is 7.64. The van der Waals surface area contributed by atoms with Gasteiger partial charge in [0.05, 0.1) is 18.8 Å². The lowest BCUT2D eigenvalue weighted by Gasteiger charge is -2.38. The van der Waals surface area contributed by atoms with Crippen molar-refractivity contribution < 1.29 is 19.7 Å². The molecule has 0 aromatic heterocycles. The Labute approximate surface area is 128 Å². The molecule has 21 heavy (non-hydrogen) atoms. The third-order valence-corrected chi connectivity index (χ3v) is 3.01. The number of aliphatic hydroxyl groups is 2. The summed E-state index contributed by atoms with van der Waals surface area (Å²) in [5.74, 6) is 0. The lowest BCUT2D eigenvalue weighted by molar-refractivity contribution is 0.00535. The van der Waals surface area contributed by atoms with E-state index in [1.54, 1.807) is 11.8 Å². The van der Waals surface area contributed by atoms with E-state index in [4.69, 9.17) is 4.74 Å². The maximum Gasteiger partial charge on any atom is 0.410 e. The van der Waals surface area contributed by atoms with Crippen molar-refractivity contribution in [2.45, 2.75) is 65.1 Å². The highest BCUT2D eigenvalue weighted by Crippen LogP contribution is 2.18. The fraction of sp³-hybridized carbons (Fsp3) is 0.933. The Morgan fingerprint density at radius 3 is 1.86 bits per heavy atom. The molecule has 6 heteroatoms. The van der Waals surface area contributed by atoms with E-state index in [1.807, 2.05) is 41.5 Å². The van der Waals surface area contributed by atoms with Gasteiger partial charge in [0.15, 0.2) is 0 Å². The van der Waals surface area contributed by atoms with Gasteiger partial charge in [0.25, 0.3) is 0 Å². The number of amides is 1. The average Bonchev–Trinajstić information content (AvgIpc) is 2.30. The van der Waals surface area contributed by atoms with Crippen molar-refractivity contribution in [3.05, 3.63) is 0 Å². The van der Waals surface area contributed by atoms with E-state index in [0.717, 1.165) is 0 Å². The van der Waals surface area contributed by atoms with Gasteiger partial charge in [-0.2, -0.15) is 0 Å². The van der Waals surface area contributed by atoms with Crippen molar-refractivity contribution in [1.82, 2.24) is 10.2 Å². The molecule has 3 N–H and O–H groups in total. The van der Waals surface area contributed by atoms with E-state index in [0.29, 0.717) is 13.1 Å². The van der Waals surface area contributed by atoms with Crippen molar-refractivity contribution >= 4 is 6.09 Å². The molecule has 0 aliphatic carbocycles. The number of hydrogen-bond acceptors (Lipinski definition) is 5. The van der Waals surface area contributed by atoms with E-state index < -0.39 is 11.1 Å². The molecule has 0 bridgehead atoms. The molecule has 0 rings (SSSR count). The third-order valence-electron chi connectivity index (χ3n) is 3.01. The minimum Gasteiger partial charge on any atom is -0.444 e. The zero-order chi connectivity index (χ0) is 16.9. The number of nitrogens with one attached hydrogen (secondary N) is 1. The van der Waals surface area contributed by atoms with Crippen LogP contribution in [0.15, 0.2) is 0 Å². The summed E-state index contributed by atoms with van der Waals surface area (Å²) in [5, 5.41) is 21.6. The van der Waals surface area contributed by atoms with Gasteiger partial charge in [-0.25, -0.2) is 4.79 Å². The van der Waals surface area contributed by atoms with E-state index in [-0.39, 0.29) is 24.8 Å².